The van der Waals surface area contributed by atoms with E-state index in [4.69, 9.17) is 0 Å². The van der Waals surface area contributed by atoms with Gasteiger partial charge in [0.1, 0.15) is 17.2 Å². The zero-order chi connectivity index (χ0) is 12.8. The Morgan fingerprint density at radius 3 is 2.41 bits per heavy atom. The van der Waals surface area contributed by atoms with E-state index >= 15 is 0 Å². The molecule has 94 valence electrons. The molecule has 17 heavy (non-hydrogen) atoms. The minimum absolute atomic E-state index is 0.263. The molecule has 0 heterocycles. The van der Waals surface area contributed by atoms with Gasteiger partial charge in [-0.1, -0.05) is 15.9 Å². The second-order valence-electron chi connectivity index (χ2n) is 3.46. The van der Waals surface area contributed by atoms with Crippen molar-refractivity contribution in [2.75, 3.05) is 20.1 Å². The van der Waals surface area contributed by atoms with Crippen LogP contribution in [-0.2, 0) is 0 Å². The van der Waals surface area contributed by atoms with Gasteiger partial charge < -0.3 is 10.6 Å². The first-order chi connectivity index (χ1) is 8.06. The molecule has 6 heteroatoms. The van der Waals surface area contributed by atoms with E-state index in [1.54, 1.807) is 7.05 Å². The highest BCUT2D eigenvalue weighted by Gasteiger charge is 2.17. The summed E-state index contributed by atoms with van der Waals surface area (Å²) in [5, 5.41) is 5.37. The fourth-order valence-corrected chi connectivity index (χ4v) is 1.72. The Morgan fingerprint density at radius 2 is 1.88 bits per heavy atom. The van der Waals surface area contributed by atoms with Gasteiger partial charge in [0.15, 0.2) is 0 Å². The fraction of sp³-hybridized carbons (Fsp3) is 0.364. The summed E-state index contributed by atoms with van der Waals surface area (Å²) < 4.78 is 27.1. The summed E-state index contributed by atoms with van der Waals surface area (Å²) in [6.45, 7) is 1.10. The quantitative estimate of drug-likeness (QED) is 0.818. The molecule has 0 aliphatic carbocycles. The molecule has 0 atom stereocenters. The van der Waals surface area contributed by atoms with Gasteiger partial charge in [-0.3, -0.25) is 4.79 Å². The Balaban J connectivity index is 2.69. The standard InChI is InChI=1S/C11H13BrF2N2O/c1-15-3-2-4-16-11(17)10-8(13)5-7(12)6-9(10)14/h5-6,15H,2-4H2,1H3,(H,16,17). The number of halogens is 3. The first kappa shape index (κ1) is 14.1. The minimum Gasteiger partial charge on any atom is -0.352 e. The molecule has 0 aromatic heterocycles. The van der Waals surface area contributed by atoms with Crippen LogP contribution in [0.25, 0.3) is 0 Å². The molecule has 0 bridgehead atoms. The summed E-state index contributed by atoms with van der Waals surface area (Å²) in [5.41, 5.74) is -0.544. The summed E-state index contributed by atoms with van der Waals surface area (Å²) in [7, 11) is 1.79. The maximum atomic E-state index is 13.4. The van der Waals surface area contributed by atoms with Gasteiger partial charge in [0.2, 0.25) is 0 Å². The molecule has 0 aliphatic heterocycles. The summed E-state index contributed by atoms with van der Waals surface area (Å²) in [6, 6.07) is 2.12. The highest BCUT2D eigenvalue weighted by Crippen LogP contribution is 2.19. The van der Waals surface area contributed by atoms with Crippen molar-refractivity contribution in [2.45, 2.75) is 6.42 Å². The molecular formula is C11H13BrF2N2O. The smallest absolute Gasteiger partial charge is 0.257 e. The van der Waals surface area contributed by atoms with Gasteiger partial charge in [-0.15, -0.1) is 0 Å². The zero-order valence-electron chi connectivity index (χ0n) is 9.32. The molecule has 0 saturated heterocycles. The maximum Gasteiger partial charge on any atom is 0.257 e. The number of amides is 1. The van der Waals surface area contributed by atoms with Gasteiger partial charge >= 0.3 is 0 Å². The van der Waals surface area contributed by atoms with Crippen LogP contribution >= 0.6 is 15.9 Å². The van der Waals surface area contributed by atoms with Crippen LogP contribution in [-0.4, -0.2) is 26.0 Å². The summed E-state index contributed by atoms with van der Waals surface area (Å²) in [6.07, 6.45) is 0.696. The van der Waals surface area contributed by atoms with E-state index in [1.807, 2.05) is 0 Å². The predicted molar refractivity (Wildman–Crippen MR) is 64.9 cm³/mol. The van der Waals surface area contributed by atoms with Crippen LogP contribution < -0.4 is 10.6 Å². The van der Waals surface area contributed by atoms with E-state index < -0.39 is 23.1 Å². The third-order valence-corrected chi connectivity index (χ3v) is 2.58. The number of rotatable bonds is 5. The topological polar surface area (TPSA) is 41.1 Å². The molecule has 0 radical (unpaired) electrons. The highest BCUT2D eigenvalue weighted by molar-refractivity contribution is 9.10. The van der Waals surface area contributed by atoms with Crippen LogP contribution in [0.1, 0.15) is 16.8 Å². The Kier molecular flexibility index (Phi) is 5.50. The first-order valence-corrected chi connectivity index (χ1v) is 5.93. The van der Waals surface area contributed by atoms with Crippen LogP contribution in [0.5, 0.6) is 0 Å². The molecule has 0 unspecified atom stereocenters. The lowest BCUT2D eigenvalue weighted by atomic mass is 10.2. The van der Waals surface area contributed by atoms with Crippen molar-refractivity contribution in [3.05, 3.63) is 33.8 Å². The number of nitrogens with one attached hydrogen (secondary N) is 2. The molecule has 0 spiro atoms. The van der Waals surface area contributed by atoms with E-state index in [2.05, 4.69) is 26.6 Å². The van der Waals surface area contributed by atoms with Crippen LogP contribution in [0.3, 0.4) is 0 Å². The Labute approximate surface area is 107 Å². The van der Waals surface area contributed by atoms with E-state index in [1.165, 1.54) is 0 Å². The number of carbonyl (C=O) groups excluding carboxylic acids is 1. The molecule has 1 aromatic carbocycles. The molecular weight excluding hydrogens is 294 g/mol. The van der Waals surface area contributed by atoms with Crippen molar-refractivity contribution in [1.82, 2.24) is 10.6 Å². The molecule has 0 aliphatic rings. The molecule has 2 N–H and O–H groups in total. The molecule has 1 amide bonds. The fourth-order valence-electron chi connectivity index (χ4n) is 1.31. The predicted octanol–water partition coefficient (Wildman–Crippen LogP) is 2.07. The van der Waals surface area contributed by atoms with Crippen LogP contribution in [0, 0.1) is 11.6 Å². The van der Waals surface area contributed by atoms with E-state index in [0.29, 0.717) is 13.0 Å². The van der Waals surface area contributed by atoms with Gasteiger partial charge in [0, 0.05) is 11.0 Å². The van der Waals surface area contributed by atoms with Crippen LogP contribution in [0.2, 0.25) is 0 Å². The Bertz CT molecular complexity index is 389. The Morgan fingerprint density at radius 1 is 1.29 bits per heavy atom. The van der Waals surface area contributed by atoms with Crippen molar-refractivity contribution < 1.29 is 13.6 Å². The molecule has 3 nitrogen and oxygen atoms in total. The molecule has 0 fully saturated rings. The third kappa shape index (κ3) is 4.05. The lowest BCUT2D eigenvalue weighted by Gasteiger charge is -2.07. The van der Waals surface area contributed by atoms with Gasteiger partial charge in [-0.2, -0.15) is 0 Å². The summed E-state index contributed by atoms with van der Waals surface area (Å²) in [5.74, 6) is -2.48. The largest absolute Gasteiger partial charge is 0.352 e. The third-order valence-electron chi connectivity index (χ3n) is 2.12. The van der Waals surface area contributed by atoms with Crippen molar-refractivity contribution in [2.24, 2.45) is 0 Å². The van der Waals surface area contributed by atoms with Crippen molar-refractivity contribution in [3.8, 4) is 0 Å². The lowest BCUT2D eigenvalue weighted by molar-refractivity contribution is 0.0945. The molecule has 1 rings (SSSR count). The van der Waals surface area contributed by atoms with E-state index in [0.717, 1.165) is 18.7 Å². The van der Waals surface area contributed by atoms with Gasteiger partial charge in [0.25, 0.3) is 5.91 Å². The number of hydrogen-bond acceptors (Lipinski definition) is 2. The van der Waals surface area contributed by atoms with Crippen molar-refractivity contribution in [1.29, 1.82) is 0 Å². The summed E-state index contributed by atoms with van der Waals surface area (Å²) >= 11 is 2.95. The Hall–Kier alpha value is -1.01. The second kappa shape index (κ2) is 6.66. The SMILES string of the molecule is CNCCCNC(=O)c1c(F)cc(Br)cc1F. The van der Waals surface area contributed by atoms with Gasteiger partial charge in [0.05, 0.1) is 0 Å². The van der Waals surface area contributed by atoms with Gasteiger partial charge in [-0.25, -0.2) is 8.78 Å². The number of carbonyl (C=O) groups is 1. The van der Waals surface area contributed by atoms with Gasteiger partial charge in [-0.05, 0) is 32.1 Å². The van der Waals surface area contributed by atoms with Crippen LogP contribution in [0.4, 0.5) is 8.78 Å². The van der Waals surface area contributed by atoms with E-state index in [9.17, 15) is 13.6 Å². The number of benzene rings is 1. The monoisotopic (exact) mass is 306 g/mol. The van der Waals surface area contributed by atoms with Crippen molar-refractivity contribution in [3.63, 3.8) is 0 Å². The zero-order valence-corrected chi connectivity index (χ0v) is 10.9. The number of hydrogen-bond donors (Lipinski definition) is 2. The minimum atomic E-state index is -0.872. The normalized spacial score (nSPS) is 10.4. The lowest BCUT2D eigenvalue weighted by Crippen LogP contribution is -2.28. The van der Waals surface area contributed by atoms with Crippen molar-refractivity contribution >= 4 is 21.8 Å². The average molecular weight is 307 g/mol. The highest BCUT2D eigenvalue weighted by atomic mass is 79.9. The van der Waals surface area contributed by atoms with E-state index in [-0.39, 0.29) is 4.47 Å². The maximum absolute atomic E-state index is 13.4. The molecule has 1 aromatic rings. The molecule has 0 saturated carbocycles. The summed E-state index contributed by atoms with van der Waals surface area (Å²) in [4.78, 5) is 11.5. The second-order valence-corrected chi connectivity index (χ2v) is 4.37. The van der Waals surface area contributed by atoms with Crippen LogP contribution in [0.15, 0.2) is 16.6 Å². The average Bonchev–Trinajstić information content (AvgIpc) is 2.23. The first-order valence-electron chi connectivity index (χ1n) is 5.13.